The normalized spacial score (nSPS) is 31.7. The van der Waals surface area contributed by atoms with Crippen LogP contribution in [-0.2, 0) is 4.79 Å². The summed E-state index contributed by atoms with van der Waals surface area (Å²) in [6, 6.07) is 0.0707. The van der Waals surface area contributed by atoms with Gasteiger partial charge in [0.2, 0.25) is 5.91 Å². The van der Waals surface area contributed by atoms with Crippen LogP contribution < -0.4 is 5.32 Å². The molecular formula is C15H28N2OS. The second kappa shape index (κ2) is 6.98. The molecule has 19 heavy (non-hydrogen) atoms. The second-order valence-corrected chi connectivity index (χ2v) is 7.42. The van der Waals surface area contributed by atoms with E-state index in [0.717, 1.165) is 25.8 Å². The third-order valence-corrected chi connectivity index (χ3v) is 5.48. The Hall–Kier alpha value is -0.220. The summed E-state index contributed by atoms with van der Waals surface area (Å²) in [5.74, 6) is 4.05. The van der Waals surface area contributed by atoms with Gasteiger partial charge in [-0.15, -0.1) is 0 Å². The summed E-state index contributed by atoms with van der Waals surface area (Å²) in [6.07, 6.45) is 4.83. The van der Waals surface area contributed by atoms with Crippen LogP contribution in [0.1, 0.15) is 46.5 Å². The Balaban J connectivity index is 1.98. The minimum atomic E-state index is 0.0707. The van der Waals surface area contributed by atoms with E-state index in [1.807, 2.05) is 11.8 Å². The van der Waals surface area contributed by atoms with Crippen LogP contribution in [0.25, 0.3) is 0 Å². The molecule has 3 unspecified atom stereocenters. The van der Waals surface area contributed by atoms with Crippen molar-refractivity contribution in [2.45, 2.75) is 58.7 Å². The van der Waals surface area contributed by atoms with Crippen molar-refractivity contribution in [1.29, 1.82) is 0 Å². The highest BCUT2D eigenvalue weighted by Crippen LogP contribution is 2.28. The van der Waals surface area contributed by atoms with Gasteiger partial charge in [0.1, 0.15) is 0 Å². The van der Waals surface area contributed by atoms with E-state index < -0.39 is 0 Å². The molecule has 2 fully saturated rings. The van der Waals surface area contributed by atoms with Gasteiger partial charge in [0.25, 0.3) is 0 Å². The fraction of sp³-hybridized carbons (Fsp3) is 0.933. The average molecular weight is 284 g/mol. The van der Waals surface area contributed by atoms with Crippen LogP contribution in [0.3, 0.4) is 0 Å². The standard InChI is InChI=1S/C15H28N2OS/c1-4-5-6-13-15(18)17(14(16-13)11(2)3)9-12-7-8-19-10-12/h11-14,16H,4-10H2,1-3H3. The molecule has 0 radical (unpaired) electrons. The quantitative estimate of drug-likeness (QED) is 0.814. The van der Waals surface area contributed by atoms with Crippen molar-refractivity contribution >= 4 is 17.7 Å². The van der Waals surface area contributed by atoms with Gasteiger partial charge >= 0.3 is 0 Å². The first-order valence-corrected chi connectivity index (χ1v) is 8.93. The van der Waals surface area contributed by atoms with Crippen LogP contribution in [-0.4, -0.2) is 41.1 Å². The molecule has 0 aromatic heterocycles. The van der Waals surface area contributed by atoms with E-state index in [-0.39, 0.29) is 12.2 Å². The summed E-state index contributed by atoms with van der Waals surface area (Å²) in [7, 11) is 0. The van der Waals surface area contributed by atoms with Gasteiger partial charge in [-0.05, 0) is 36.2 Å². The van der Waals surface area contributed by atoms with Gasteiger partial charge < -0.3 is 4.90 Å². The fourth-order valence-electron chi connectivity index (χ4n) is 3.08. The number of rotatable bonds is 6. The molecule has 2 aliphatic heterocycles. The Morgan fingerprint density at radius 1 is 1.47 bits per heavy atom. The Kier molecular flexibility index (Phi) is 5.58. The van der Waals surface area contributed by atoms with Crippen molar-refractivity contribution < 1.29 is 4.79 Å². The fourth-order valence-corrected chi connectivity index (χ4v) is 4.35. The van der Waals surface area contributed by atoms with Crippen LogP contribution >= 0.6 is 11.8 Å². The largest absolute Gasteiger partial charge is 0.325 e. The monoisotopic (exact) mass is 284 g/mol. The molecule has 1 amide bonds. The topological polar surface area (TPSA) is 32.3 Å². The van der Waals surface area contributed by atoms with Crippen molar-refractivity contribution in [3.63, 3.8) is 0 Å². The summed E-state index contributed by atoms with van der Waals surface area (Å²) in [5, 5.41) is 3.57. The molecule has 3 atom stereocenters. The highest BCUT2D eigenvalue weighted by atomic mass is 32.2. The predicted molar refractivity (Wildman–Crippen MR) is 82.2 cm³/mol. The summed E-state index contributed by atoms with van der Waals surface area (Å²) >= 11 is 2.03. The Morgan fingerprint density at radius 2 is 2.26 bits per heavy atom. The molecule has 1 N–H and O–H groups in total. The van der Waals surface area contributed by atoms with Gasteiger partial charge in [0, 0.05) is 6.54 Å². The number of carbonyl (C=O) groups excluding carboxylic acids is 1. The zero-order chi connectivity index (χ0) is 13.8. The molecule has 4 heteroatoms. The summed E-state index contributed by atoms with van der Waals surface area (Å²) < 4.78 is 0. The lowest BCUT2D eigenvalue weighted by Gasteiger charge is -2.29. The van der Waals surface area contributed by atoms with Gasteiger partial charge in [-0.1, -0.05) is 33.6 Å². The van der Waals surface area contributed by atoms with Crippen molar-refractivity contribution in [2.75, 3.05) is 18.1 Å². The second-order valence-electron chi connectivity index (χ2n) is 6.27. The van der Waals surface area contributed by atoms with E-state index in [1.165, 1.54) is 17.9 Å². The summed E-state index contributed by atoms with van der Waals surface area (Å²) in [5.41, 5.74) is 0. The maximum Gasteiger partial charge on any atom is 0.241 e. The van der Waals surface area contributed by atoms with E-state index in [2.05, 4.69) is 31.0 Å². The molecule has 0 aromatic rings. The smallest absolute Gasteiger partial charge is 0.241 e. The van der Waals surface area contributed by atoms with Crippen LogP contribution in [0, 0.1) is 11.8 Å². The molecule has 0 bridgehead atoms. The number of unbranched alkanes of at least 4 members (excludes halogenated alkanes) is 1. The molecule has 2 rings (SSSR count). The predicted octanol–water partition coefficient (Wildman–Crippen LogP) is 2.71. The zero-order valence-electron chi connectivity index (χ0n) is 12.5. The number of hydrogen-bond acceptors (Lipinski definition) is 3. The van der Waals surface area contributed by atoms with E-state index in [1.54, 1.807) is 0 Å². The maximum absolute atomic E-state index is 12.6. The van der Waals surface area contributed by atoms with E-state index in [0.29, 0.717) is 17.7 Å². The van der Waals surface area contributed by atoms with Gasteiger partial charge in [-0.2, -0.15) is 11.8 Å². The van der Waals surface area contributed by atoms with Crippen LogP contribution in [0.4, 0.5) is 0 Å². The maximum atomic E-state index is 12.6. The van der Waals surface area contributed by atoms with Crippen LogP contribution in [0.15, 0.2) is 0 Å². The molecule has 0 spiro atoms. The summed E-state index contributed by atoms with van der Waals surface area (Å²) in [4.78, 5) is 14.7. The number of carbonyl (C=O) groups is 1. The first-order chi connectivity index (χ1) is 9.13. The highest BCUT2D eigenvalue weighted by molar-refractivity contribution is 7.99. The highest BCUT2D eigenvalue weighted by Gasteiger charge is 2.40. The lowest BCUT2D eigenvalue weighted by molar-refractivity contribution is -0.131. The summed E-state index contributed by atoms with van der Waals surface area (Å²) in [6.45, 7) is 7.57. The van der Waals surface area contributed by atoms with E-state index in [9.17, 15) is 4.79 Å². The molecular weight excluding hydrogens is 256 g/mol. The van der Waals surface area contributed by atoms with E-state index in [4.69, 9.17) is 0 Å². The van der Waals surface area contributed by atoms with Crippen molar-refractivity contribution in [3.05, 3.63) is 0 Å². The molecule has 110 valence electrons. The molecule has 2 aliphatic rings. The van der Waals surface area contributed by atoms with Crippen molar-refractivity contribution in [1.82, 2.24) is 10.2 Å². The average Bonchev–Trinajstić information content (AvgIpc) is 2.98. The number of nitrogens with one attached hydrogen (secondary N) is 1. The van der Waals surface area contributed by atoms with Gasteiger partial charge in [-0.3, -0.25) is 10.1 Å². The third-order valence-electron chi connectivity index (χ3n) is 4.25. The Bertz CT molecular complexity index is 303. The third kappa shape index (κ3) is 3.66. The lowest BCUT2D eigenvalue weighted by Crippen LogP contribution is -2.43. The number of thioether (sulfide) groups is 1. The lowest BCUT2D eigenvalue weighted by atomic mass is 10.1. The molecule has 0 aromatic carbocycles. The Morgan fingerprint density at radius 3 is 2.84 bits per heavy atom. The van der Waals surface area contributed by atoms with Gasteiger partial charge in [-0.25, -0.2) is 0 Å². The molecule has 2 saturated heterocycles. The Labute approximate surface area is 121 Å². The van der Waals surface area contributed by atoms with Crippen molar-refractivity contribution in [3.8, 4) is 0 Å². The molecule has 0 saturated carbocycles. The molecule has 0 aliphatic carbocycles. The van der Waals surface area contributed by atoms with E-state index >= 15 is 0 Å². The minimum Gasteiger partial charge on any atom is -0.325 e. The van der Waals surface area contributed by atoms with Crippen molar-refractivity contribution in [2.24, 2.45) is 11.8 Å². The number of nitrogens with zero attached hydrogens (tertiary/aromatic N) is 1. The SMILES string of the molecule is CCCCC1NC(C(C)C)N(CC2CCSC2)C1=O. The molecule has 3 nitrogen and oxygen atoms in total. The van der Waals surface area contributed by atoms with Crippen LogP contribution in [0.2, 0.25) is 0 Å². The number of amides is 1. The first-order valence-electron chi connectivity index (χ1n) is 7.77. The molecule has 2 heterocycles. The first kappa shape index (κ1) is 15.2. The van der Waals surface area contributed by atoms with Gasteiger partial charge in [0.15, 0.2) is 0 Å². The minimum absolute atomic E-state index is 0.0707. The zero-order valence-corrected chi connectivity index (χ0v) is 13.3. The van der Waals surface area contributed by atoms with Crippen LogP contribution in [0.5, 0.6) is 0 Å². The van der Waals surface area contributed by atoms with Gasteiger partial charge in [0.05, 0.1) is 12.2 Å². The number of hydrogen-bond donors (Lipinski definition) is 1.